The Morgan fingerprint density at radius 2 is 1.05 bits per heavy atom. The van der Waals surface area contributed by atoms with Crippen molar-refractivity contribution in [3.8, 4) is 0 Å². The Kier molecular flexibility index (Phi) is 4.39. The molecule has 2 rings (SSSR count). The van der Waals surface area contributed by atoms with Gasteiger partial charge in [0.2, 0.25) is 0 Å². The van der Waals surface area contributed by atoms with Gasteiger partial charge in [0.25, 0.3) is 0 Å². The van der Waals surface area contributed by atoms with Crippen molar-refractivity contribution in [2.45, 2.75) is 39.8 Å². The molecule has 100 valence electrons. The Bertz CT molecular complexity index is 463. The lowest BCUT2D eigenvalue weighted by Gasteiger charge is -2.22. The van der Waals surface area contributed by atoms with E-state index in [1.165, 1.54) is 22.3 Å². The molecule has 2 aromatic rings. The molecule has 0 atom stereocenters. The van der Waals surface area contributed by atoms with E-state index in [1.807, 2.05) is 0 Å². The number of hydrogen-bond donors (Lipinski definition) is 1. The highest BCUT2D eigenvalue weighted by Gasteiger charge is 2.14. The second-order valence-corrected chi connectivity index (χ2v) is 5.58. The molecule has 0 saturated heterocycles. The van der Waals surface area contributed by atoms with Crippen molar-refractivity contribution < 1.29 is 0 Å². The molecule has 1 nitrogen and oxygen atoms in total. The molecule has 0 fully saturated rings. The lowest BCUT2D eigenvalue weighted by Crippen LogP contribution is -2.28. The van der Waals surface area contributed by atoms with Gasteiger partial charge in [-0.05, 0) is 38.8 Å². The largest absolute Gasteiger partial charge is 0.304 e. The second kappa shape index (κ2) is 6.03. The summed E-state index contributed by atoms with van der Waals surface area (Å²) >= 11 is 0. The van der Waals surface area contributed by atoms with Crippen LogP contribution in [-0.4, -0.2) is 6.04 Å². The Morgan fingerprint density at radius 1 is 0.684 bits per heavy atom. The van der Waals surface area contributed by atoms with E-state index in [2.05, 4.69) is 81.5 Å². The van der Waals surface area contributed by atoms with E-state index in [0.717, 1.165) is 0 Å². The summed E-state index contributed by atoms with van der Waals surface area (Å²) in [5.74, 6) is 0. The number of nitrogens with one attached hydrogen (secondary N) is 1. The summed E-state index contributed by atoms with van der Waals surface area (Å²) in [5, 5.41) is 3.65. The van der Waals surface area contributed by atoms with Gasteiger partial charge in [-0.25, -0.2) is 0 Å². The van der Waals surface area contributed by atoms with E-state index in [-0.39, 0.29) is 6.04 Å². The minimum atomic E-state index is 0.265. The van der Waals surface area contributed by atoms with Crippen molar-refractivity contribution >= 4 is 0 Å². The number of benzene rings is 2. The topological polar surface area (TPSA) is 12.0 Å². The molecule has 1 N–H and O–H groups in total. The maximum absolute atomic E-state index is 3.65. The van der Waals surface area contributed by atoms with Gasteiger partial charge >= 0.3 is 0 Å². The van der Waals surface area contributed by atoms with Gasteiger partial charge in [0, 0.05) is 6.04 Å². The molecule has 0 saturated carbocycles. The van der Waals surface area contributed by atoms with Crippen molar-refractivity contribution in [1.29, 1.82) is 0 Å². The van der Waals surface area contributed by atoms with Gasteiger partial charge in [-0.1, -0.05) is 59.7 Å². The van der Waals surface area contributed by atoms with Gasteiger partial charge < -0.3 is 5.32 Å². The molecular formula is C18H23N. The van der Waals surface area contributed by atoms with Gasteiger partial charge in [-0.15, -0.1) is 0 Å². The third kappa shape index (κ3) is 3.68. The fourth-order valence-corrected chi connectivity index (χ4v) is 2.24. The highest BCUT2D eigenvalue weighted by atomic mass is 14.9. The van der Waals surface area contributed by atoms with Gasteiger partial charge in [0.05, 0.1) is 6.04 Å². The molecule has 1 heteroatoms. The minimum Gasteiger partial charge on any atom is -0.304 e. The average Bonchev–Trinajstić information content (AvgIpc) is 2.38. The quantitative estimate of drug-likeness (QED) is 0.852. The van der Waals surface area contributed by atoms with Crippen LogP contribution in [0.25, 0.3) is 0 Å². The molecule has 2 aromatic carbocycles. The molecule has 0 aliphatic heterocycles. The first-order chi connectivity index (χ1) is 9.06. The summed E-state index contributed by atoms with van der Waals surface area (Å²) < 4.78 is 0. The third-order valence-electron chi connectivity index (χ3n) is 3.32. The van der Waals surface area contributed by atoms with Gasteiger partial charge in [0.15, 0.2) is 0 Å². The Balaban J connectivity index is 2.35. The first kappa shape index (κ1) is 13.8. The monoisotopic (exact) mass is 253 g/mol. The number of aryl methyl sites for hydroxylation is 2. The molecule has 0 amide bonds. The first-order valence-electron chi connectivity index (χ1n) is 6.95. The summed E-state index contributed by atoms with van der Waals surface area (Å²) in [4.78, 5) is 0. The summed E-state index contributed by atoms with van der Waals surface area (Å²) in [5.41, 5.74) is 5.25. The minimum absolute atomic E-state index is 0.265. The molecule has 0 bridgehead atoms. The Morgan fingerprint density at radius 3 is 1.37 bits per heavy atom. The average molecular weight is 253 g/mol. The predicted octanol–water partition coefficient (Wildman–Crippen LogP) is 4.39. The molecule has 0 spiro atoms. The fraction of sp³-hybridized carbons (Fsp3) is 0.333. The van der Waals surface area contributed by atoms with Crippen LogP contribution in [0.5, 0.6) is 0 Å². The molecule has 0 heterocycles. The lowest BCUT2D eigenvalue weighted by molar-refractivity contribution is 0.528. The summed E-state index contributed by atoms with van der Waals surface area (Å²) in [6.45, 7) is 8.63. The van der Waals surface area contributed by atoms with Crippen LogP contribution >= 0.6 is 0 Å². The van der Waals surface area contributed by atoms with E-state index in [4.69, 9.17) is 0 Å². The van der Waals surface area contributed by atoms with Gasteiger partial charge in [0.1, 0.15) is 0 Å². The van der Waals surface area contributed by atoms with Crippen molar-refractivity contribution in [2.75, 3.05) is 0 Å². The molecule has 19 heavy (non-hydrogen) atoms. The normalized spacial score (nSPS) is 11.3. The SMILES string of the molecule is Cc1ccc(C(NC(C)C)c2ccc(C)cc2)cc1. The fourth-order valence-electron chi connectivity index (χ4n) is 2.24. The van der Waals surface area contributed by atoms with E-state index in [1.54, 1.807) is 0 Å². The molecule has 0 aliphatic rings. The smallest absolute Gasteiger partial charge is 0.0578 e. The van der Waals surface area contributed by atoms with Crippen molar-refractivity contribution in [2.24, 2.45) is 0 Å². The van der Waals surface area contributed by atoms with Crippen molar-refractivity contribution in [1.82, 2.24) is 5.32 Å². The van der Waals surface area contributed by atoms with Crippen LogP contribution in [0.1, 0.15) is 42.1 Å². The summed E-state index contributed by atoms with van der Waals surface area (Å²) in [7, 11) is 0. The second-order valence-electron chi connectivity index (χ2n) is 5.58. The van der Waals surface area contributed by atoms with Crippen molar-refractivity contribution in [3.05, 3.63) is 70.8 Å². The molecule has 0 aliphatic carbocycles. The highest BCUT2D eigenvalue weighted by molar-refractivity contribution is 5.34. The zero-order valence-corrected chi connectivity index (χ0v) is 12.3. The Hall–Kier alpha value is -1.60. The van der Waals surface area contributed by atoms with E-state index in [0.29, 0.717) is 6.04 Å². The highest BCUT2D eigenvalue weighted by Crippen LogP contribution is 2.23. The first-order valence-corrected chi connectivity index (χ1v) is 6.95. The van der Waals surface area contributed by atoms with E-state index < -0.39 is 0 Å². The summed E-state index contributed by atoms with van der Waals surface area (Å²) in [6, 6.07) is 18.3. The van der Waals surface area contributed by atoms with Crippen LogP contribution in [0.3, 0.4) is 0 Å². The number of hydrogen-bond acceptors (Lipinski definition) is 1. The van der Waals surface area contributed by atoms with Crippen LogP contribution in [0.4, 0.5) is 0 Å². The van der Waals surface area contributed by atoms with Gasteiger partial charge in [-0.2, -0.15) is 0 Å². The molecule has 0 radical (unpaired) electrons. The summed E-state index contributed by atoms with van der Waals surface area (Å²) in [6.07, 6.45) is 0. The molecular weight excluding hydrogens is 230 g/mol. The predicted molar refractivity (Wildman–Crippen MR) is 82.5 cm³/mol. The lowest BCUT2D eigenvalue weighted by atomic mass is 9.96. The van der Waals surface area contributed by atoms with Crippen LogP contribution < -0.4 is 5.32 Å². The maximum Gasteiger partial charge on any atom is 0.0578 e. The van der Waals surface area contributed by atoms with Crippen LogP contribution in [0.2, 0.25) is 0 Å². The van der Waals surface area contributed by atoms with Crippen LogP contribution in [0.15, 0.2) is 48.5 Å². The standard InChI is InChI=1S/C18H23N/c1-13(2)19-18(16-9-5-14(3)6-10-16)17-11-7-15(4)8-12-17/h5-13,18-19H,1-4H3. The van der Waals surface area contributed by atoms with Gasteiger partial charge in [-0.3, -0.25) is 0 Å². The molecule has 0 aromatic heterocycles. The zero-order chi connectivity index (χ0) is 13.8. The maximum atomic E-state index is 3.65. The van der Waals surface area contributed by atoms with E-state index >= 15 is 0 Å². The number of rotatable bonds is 4. The zero-order valence-electron chi connectivity index (χ0n) is 12.3. The molecule has 0 unspecified atom stereocenters. The van der Waals surface area contributed by atoms with E-state index in [9.17, 15) is 0 Å². The third-order valence-corrected chi connectivity index (χ3v) is 3.32. The van der Waals surface area contributed by atoms with Crippen molar-refractivity contribution in [3.63, 3.8) is 0 Å². The van der Waals surface area contributed by atoms with Crippen LogP contribution in [0, 0.1) is 13.8 Å². The van der Waals surface area contributed by atoms with Crippen LogP contribution in [-0.2, 0) is 0 Å². The Labute approximate surface area is 116 Å².